The summed E-state index contributed by atoms with van der Waals surface area (Å²) in [6.07, 6.45) is 15.5. The van der Waals surface area contributed by atoms with Crippen molar-refractivity contribution in [2.45, 2.75) is 57.4 Å². The van der Waals surface area contributed by atoms with E-state index in [1.807, 2.05) is 48.7 Å². The van der Waals surface area contributed by atoms with Crippen molar-refractivity contribution in [3.8, 4) is 45.6 Å². The normalized spacial score (nSPS) is 16.4. The van der Waals surface area contributed by atoms with Gasteiger partial charge < -0.3 is 25.1 Å². The van der Waals surface area contributed by atoms with E-state index in [0.29, 0.717) is 80.7 Å². The lowest BCUT2D eigenvalue weighted by molar-refractivity contribution is 0.102. The number of anilines is 3. The molecule has 0 saturated carbocycles. The van der Waals surface area contributed by atoms with Crippen LogP contribution in [0.25, 0.3) is 89.4 Å². The lowest BCUT2D eigenvalue weighted by Gasteiger charge is -2.34. The maximum Gasteiger partial charge on any atom is 0.255 e. The Balaban J connectivity index is 0.828. The molecule has 11 heterocycles. The molecule has 19 heteroatoms. The second kappa shape index (κ2) is 19.3. The number of para-hydroxylation sites is 2. The zero-order chi connectivity index (χ0) is 51.6. The fourth-order valence-electron chi connectivity index (χ4n) is 11.7. The number of aromatic amines is 4. The molecule has 0 aliphatic carbocycles. The smallest absolute Gasteiger partial charge is 0.255 e. The van der Waals surface area contributed by atoms with Gasteiger partial charge in [0.15, 0.2) is 23.3 Å². The molecule has 1 unspecified atom stereocenters. The minimum atomic E-state index is -0.591. The van der Waals surface area contributed by atoms with E-state index in [9.17, 15) is 4.79 Å². The van der Waals surface area contributed by atoms with Crippen LogP contribution >= 0.6 is 0 Å². The van der Waals surface area contributed by atoms with Gasteiger partial charge in [0.2, 0.25) is 0 Å². The van der Waals surface area contributed by atoms with Crippen molar-refractivity contribution in [1.82, 2.24) is 65.2 Å². The number of imidazole rings is 2. The van der Waals surface area contributed by atoms with Crippen molar-refractivity contribution < 1.29 is 13.6 Å². The highest BCUT2D eigenvalue weighted by molar-refractivity contribution is 6.05. The molecular formula is C58H52F2N16O. The number of H-pyrrole nitrogens is 4. The van der Waals surface area contributed by atoms with Gasteiger partial charge in [-0.15, -0.1) is 0 Å². The molecule has 384 valence electrons. The van der Waals surface area contributed by atoms with Crippen LogP contribution in [0.2, 0.25) is 0 Å². The number of rotatable bonds is 11. The monoisotopic (exact) mass is 1030 g/mol. The van der Waals surface area contributed by atoms with Gasteiger partial charge in [-0.05, 0) is 112 Å². The van der Waals surface area contributed by atoms with Crippen LogP contribution in [0.3, 0.4) is 0 Å². The number of fused-ring (bicyclic) bond motifs is 4. The summed E-state index contributed by atoms with van der Waals surface area (Å²) in [7, 11) is 0. The minimum absolute atomic E-state index is 0.0719. The molecule has 3 fully saturated rings. The van der Waals surface area contributed by atoms with Gasteiger partial charge in [-0.2, -0.15) is 10.2 Å². The predicted molar refractivity (Wildman–Crippen MR) is 293 cm³/mol. The van der Waals surface area contributed by atoms with Gasteiger partial charge in [-0.1, -0.05) is 30.3 Å². The van der Waals surface area contributed by atoms with E-state index in [2.05, 4.69) is 66.3 Å². The second-order valence-electron chi connectivity index (χ2n) is 20.5. The van der Waals surface area contributed by atoms with Crippen molar-refractivity contribution >= 4 is 66.8 Å². The van der Waals surface area contributed by atoms with Crippen molar-refractivity contribution in [2.75, 3.05) is 54.4 Å². The summed E-state index contributed by atoms with van der Waals surface area (Å²) in [5.41, 5.74) is 10.3. The highest BCUT2D eigenvalue weighted by atomic mass is 19.1. The largest absolute Gasteiger partial charge is 0.370 e. The quantitative estimate of drug-likeness (QED) is 0.0821. The van der Waals surface area contributed by atoms with Gasteiger partial charge in [-0.3, -0.25) is 34.8 Å². The number of aromatic nitrogens is 12. The van der Waals surface area contributed by atoms with Crippen LogP contribution < -0.4 is 15.1 Å². The number of likely N-dealkylation sites (tertiary alicyclic amines) is 1. The Hall–Kier alpha value is -8.97. The van der Waals surface area contributed by atoms with E-state index in [4.69, 9.17) is 20.1 Å². The first-order chi connectivity index (χ1) is 37.9. The van der Waals surface area contributed by atoms with Gasteiger partial charge in [0.25, 0.3) is 5.91 Å². The van der Waals surface area contributed by atoms with Gasteiger partial charge >= 0.3 is 0 Å². The number of pyridine rings is 4. The van der Waals surface area contributed by atoms with E-state index in [1.165, 1.54) is 25.5 Å². The van der Waals surface area contributed by atoms with Crippen LogP contribution in [-0.2, 0) is 6.54 Å². The Bertz CT molecular complexity index is 4040. The maximum absolute atomic E-state index is 17.8. The van der Waals surface area contributed by atoms with Crippen LogP contribution in [0.1, 0.15) is 72.5 Å². The second-order valence-corrected chi connectivity index (χ2v) is 20.5. The summed E-state index contributed by atoms with van der Waals surface area (Å²) in [5.74, 6) is -0.772. The van der Waals surface area contributed by atoms with E-state index in [-0.39, 0.29) is 34.0 Å². The number of benzene rings is 3. The number of amides is 1. The van der Waals surface area contributed by atoms with E-state index in [1.54, 1.807) is 48.9 Å². The summed E-state index contributed by atoms with van der Waals surface area (Å²) >= 11 is 0. The lowest BCUT2D eigenvalue weighted by Crippen LogP contribution is -2.35. The van der Waals surface area contributed by atoms with Crippen LogP contribution in [-0.4, -0.2) is 110 Å². The van der Waals surface area contributed by atoms with E-state index < -0.39 is 11.6 Å². The van der Waals surface area contributed by atoms with Crippen LogP contribution in [0.4, 0.5) is 25.8 Å². The topological polar surface area (TPSA) is 205 Å². The first-order valence-corrected chi connectivity index (χ1v) is 26.4. The molecule has 3 aliphatic heterocycles. The number of halogens is 2. The Morgan fingerprint density at radius 2 is 1.31 bits per heavy atom. The van der Waals surface area contributed by atoms with Crippen molar-refractivity contribution in [2.24, 2.45) is 0 Å². The molecule has 0 radical (unpaired) electrons. The summed E-state index contributed by atoms with van der Waals surface area (Å²) in [6.45, 7) is 5.95. The third-order valence-electron chi connectivity index (χ3n) is 15.5. The Labute approximate surface area is 439 Å². The highest BCUT2D eigenvalue weighted by Gasteiger charge is 2.32. The SMILES string of the molecule is O=C(Nc1cncc(-c2nc(C3CCCN(c4cccc5[nH]c(-c6n[nH]c7cnc(-c8cncc(CN9CCCC9)c8)c(F)c67)nc45)C3)c3n[nH]c(-c4nc5c(N6CCCCC6)cccc5[nH]4)c3c2F)c1)c1ccccc1. The molecule has 14 rings (SSSR count). The number of carbonyl (C=O) groups excluding carboxylic acids is 1. The van der Waals surface area contributed by atoms with Crippen molar-refractivity contribution in [3.63, 3.8) is 0 Å². The molecule has 3 aromatic carbocycles. The van der Waals surface area contributed by atoms with Gasteiger partial charge in [0.05, 0.1) is 62.5 Å². The average molecular weight is 1030 g/mol. The molecule has 3 aliphatic rings. The van der Waals surface area contributed by atoms with Gasteiger partial charge in [-0.25, -0.2) is 23.7 Å². The highest BCUT2D eigenvalue weighted by Crippen LogP contribution is 2.42. The molecule has 0 bridgehead atoms. The molecule has 1 atom stereocenters. The third-order valence-corrected chi connectivity index (χ3v) is 15.5. The summed E-state index contributed by atoms with van der Waals surface area (Å²) in [5, 5.41) is 19.1. The molecule has 3 saturated heterocycles. The number of nitrogens with one attached hydrogen (secondary N) is 5. The number of piperidine rings is 2. The first kappa shape index (κ1) is 46.6. The lowest BCUT2D eigenvalue weighted by atomic mass is 9.91. The van der Waals surface area contributed by atoms with Crippen LogP contribution in [0, 0.1) is 11.6 Å². The van der Waals surface area contributed by atoms with Crippen LogP contribution in [0.15, 0.2) is 110 Å². The molecule has 11 aromatic rings. The zero-order valence-electron chi connectivity index (χ0n) is 42.0. The minimum Gasteiger partial charge on any atom is -0.370 e. The molecule has 17 nitrogen and oxygen atoms in total. The molecule has 8 aromatic heterocycles. The summed E-state index contributed by atoms with van der Waals surface area (Å²) in [6, 6.07) is 24.6. The first-order valence-electron chi connectivity index (χ1n) is 26.4. The van der Waals surface area contributed by atoms with Gasteiger partial charge in [0.1, 0.15) is 39.3 Å². The fraction of sp³-hybridized carbons (Fsp3) is 0.259. The number of nitrogens with zero attached hydrogens (tertiary/aromatic N) is 11. The zero-order valence-corrected chi connectivity index (χ0v) is 42.0. The predicted octanol–water partition coefficient (Wildman–Crippen LogP) is 10.9. The van der Waals surface area contributed by atoms with Crippen LogP contribution in [0.5, 0.6) is 0 Å². The Morgan fingerprint density at radius 1 is 0.610 bits per heavy atom. The van der Waals surface area contributed by atoms with E-state index >= 15 is 8.78 Å². The molecule has 77 heavy (non-hydrogen) atoms. The van der Waals surface area contributed by atoms with Gasteiger partial charge in [0, 0.05) is 73.9 Å². The molecule has 5 N–H and O–H groups in total. The van der Waals surface area contributed by atoms with Crippen molar-refractivity contribution in [1.29, 1.82) is 0 Å². The third kappa shape index (κ3) is 8.46. The molecule has 1 amide bonds. The van der Waals surface area contributed by atoms with Crippen molar-refractivity contribution in [3.05, 3.63) is 138 Å². The summed E-state index contributed by atoms with van der Waals surface area (Å²) in [4.78, 5) is 56.2. The summed E-state index contributed by atoms with van der Waals surface area (Å²) < 4.78 is 34.6. The number of carbonyl (C=O) groups is 1. The van der Waals surface area contributed by atoms with E-state index in [0.717, 1.165) is 91.9 Å². The Kier molecular flexibility index (Phi) is 11.7. The average Bonchev–Trinajstić information content (AvgIpc) is 4.36. The Morgan fingerprint density at radius 3 is 2.12 bits per heavy atom. The number of hydrogen-bond acceptors (Lipinski definition) is 12. The molecular weight excluding hydrogens is 975 g/mol. The molecule has 0 spiro atoms. The number of hydrogen-bond donors (Lipinski definition) is 5. The maximum atomic E-state index is 17.8. The fourth-order valence-corrected chi connectivity index (χ4v) is 11.7. The standard InChI is InChI=1S/C58H52F2N16O/c59-46-44-41(30-63-48(46)36-24-33(26-61-27-36)31-74-19-7-8-20-74)70-72-54(44)56-65-40-16-10-18-43(52(40)69-56)76-23-11-14-35(32-76)50-53-45(47(60)49(67-50)37-25-38(29-62-28-37)64-58(77)34-12-3-1-4-13-34)55(73-71-53)57-66-39-15-9-17-42(51(39)68-57)75-21-5-2-6-22-75/h1,3-4,9-10,12-13,15-18,24-30,35H,2,5-8,11,14,19-23,31-32H2,(H,64,77)(H,65,69)(H,66,68)(H,70,72)(H,71,73).